The van der Waals surface area contributed by atoms with Gasteiger partial charge in [-0.2, -0.15) is 0 Å². The van der Waals surface area contributed by atoms with Gasteiger partial charge in [-0.3, -0.25) is 14.4 Å². The average molecular weight is 341 g/mol. The molecule has 2 aliphatic rings. The van der Waals surface area contributed by atoms with Crippen molar-refractivity contribution >= 4 is 23.3 Å². The highest BCUT2D eigenvalue weighted by Gasteiger charge is 2.57. The van der Waals surface area contributed by atoms with Crippen molar-refractivity contribution in [3.63, 3.8) is 0 Å². The van der Waals surface area contributed by atoms with Crippen LogP contribution in [0.3, 0.4) is 0 Å². The second-order valence-electron chi connectivity index (χ2n) is 7.26. The molecule has 3 rings (SSSR count). The molecule has 0 aliphatic heterocycles. The zero-order valence-corrected chi connectivity index (χ0v) is 14.7. The van der Waals surface area contributed by atoms with Gasteiger partial charge in [0.05, 0.1) is 11.8 Å². The van der Waals surface area contributed by atoms with E-state index in [4.69, 9.17) is 0 Å². The summed E-state index contributed by atoms with van der Waals surface area (Å²) in [6.45, 7) is 5.46. The van der Waals surface area contributed by atoms with E-state index in [0.717, 1.165) is 24.0 Å². The van der Waals surface area contributed by atoms with Crippen molar-refractivity contribution in [3.05, 3.63) is 41.0 Å². The minimum Gasteiger partial charge on any atom is -0.481 e. The van der Waals surface area contributed by atoms with E-state index in [9.17, 15) is 19.5 Å². The predicted molar refractivity (Wildman–Crippen MR) is 94.3 cm³/mol. The maximum absolute atomic E-state index is 12.9. The molecule has 0 saturated heterocycles. The Morgan fingerprint density at radius 1 is 1.04 bits per heavy atom. The third-order valence-corrected chi connectivity index (χ3v) is 5.54. The Morgan fingerprint density at radius 3 is 2.24 bits per heavy atom. The zero-order chi connectivity index (χ0) is 18.3. The normalized spacial score (nSPS) is 27.2. The lowest BCUT2D eigenvalue weighted by atomic mass is 9.78. The van der Waals surface area contributed by atoms with Crippen LogP contribution < -0.4 is 5.32 Å². The van der Waals surface area contributed by atoms with Crippen LogP contribution in [0.4, 0.5) is 5.69 Å². The molecule has 5 heteroatoms. The predicted octanol–water partition coefficient (Wildman–Crippen LogP) is 3.52. The van der Waals surface area contributed by atoms with Crippen molar-refractivity contribution in [1.82, 2.24) is 0 Å². The van der Waals surface area contributed by atoms with Crippen molar-refractivity contribution in [2.45, 2.75) is 33.6 Å². The molecule has 132 valence electrons. The fourth-order valence-corrected chi connectivity index (χ4v) is 4.65. The highest BCUT2D eigenvalue weighted by molar-refractivity contribution is 5.99. The van der Waals surface area contributed by atoms with E-state index in [0.29, 0.717) is 11.3 Å². The number of fused-ring (bicyclic) bond motifs is 2. The molecule has 5 nitrogen and oxygen atoms in total. The average Bonchev–Trinajstić information content (AvgIpc) is 3.11. The molecule has 0 unspecified atom stereocenters. The Kier molecular flexibility index (Phi) is 4.50. The number of hydrogen-bond donors (Lipinski definition) is 2. The van der Waals surface area contributed by atoms with Crippen molar-refractivity contribution in [1.29, 1.82) is 0 Å². The minimum atomic E-state index is -0.899. The Labute approximate surface area is 147 Å². The number of hydrogen-bond acceptors (Lipinski definition) is 3. The van der Waals surface area contributed by atoms with Crippen LogP contribution in [0.25, 0.3) is 0 Å². The monoisotopic (exact) mass is 341 g/mol. The first kappa shape index (κ1) is 17.4. The number of nitrogens with one attached hydrogen (secondary N) is 1. The van der Waals surface area contributed by atoms with Crippen LogP contribution in [0.1, 0.15) is 44.0 Å². The van der Waals surface area contributed by atoms with E-state index in [1.54, 1.807) is 24.3 Å². The Balaban J connectivity index is 1.88. The van der Waals surface area contributed by atoms with Gasteiger partial charge < -0.3 is 10.4 Å². The number of benzene rings is 1. The summed E-state index contributed by atoms with van der Waals surface area (Å²) in [5, 5.41) is 12.5. The van der Waals surface area contributed by atoms with Gasteiger partial charge in [0.25, 0.3) is 0 Å². The van der Waals surface area contributed by atoms with Crippen molar-refractivity contribution < 1.29 is 19.5 Å². The molecule has 25 heavy (non-hydrogen) atoms. The molecule has 0 heterocycles. The number of allylic oxidation sites excluding steroid dienone is 2. The fourth-order valence-electron chi connectivity index (χ4n) is 4.65. The first-order valence-electron chi connectivity index (χ1n) is 8.63. The Hall–Kier alpha value is -2.43. The number of aliphatic carboxylic acids is 1. The van der Waals surface area contributed by atoms with E-state index >= 15 is 0 Å². The van der Waals surface area contributed by atoms with Gasteiger partial charge in [0.2, 0.25) is 5.91 Å². The van der Waals surface area contributed by atoms with E-state index in [1.807, 2.05) is 13.8 Å². The molecule has 2 saturated carbocycles. The molecule has 0 aromatic heterocycles. The number of anilines is 1. The van der Waals surface area contributed by atoms with E-state index in [1.165, 1.54) is 6.92 Å². The minimum absolute atomic E-state index is 0.00656. The lowest BCUT2D eigenvalue weighted by Crippen LogP contribution is -2.37. The third-order valence-electron chi connectivity index (χ3n) is 5.54. The third kappa shape index (κ3) is 2.99. The largest absolute Gasteiger partial charge is 0.481 e. The van der Waals surface area contributed by atoms with Crippen LogP contribution in [0.5, 0.6) is 0 Å². The lowest BCUT2D eigenvalue weighted by Gasteiger charge is -2.26. The number of carboxylic acid groups (broad SMARTS) is 1. The molecular formula is C20H23NO4. The number of carbonyl (C=O) groups excluding carboxylic acids is 2. The van der Waals surface area contributed by atoms with Gasteiger partial charge in [-0.25, -0.2) is 0 Å². The first-order valence-corrected chi connectivity index (χ1v) is 8.63. The van der Waals surface area contributed by atoms with Gasteiger partial charge in [-0.15, -0.1) is 0 Å². The maximum Gasteiger partial charge on any atom is 0.307 e. The molecule has 0 spiro atoms. The second kappa shape index (κ2) is 6.47. The fraction of sp³-hybridized carbons (Fsp3) is 0.450. The number of Topliss-reactive ketones (excluding diaryl/α,β-unsaturated/α-hetero) is 1. The summed E-state index contributed by atoms with van der Waals surface area (Å²) in [5.41, 5.74) is 3.34. The number of amides is 1. The molecule has 1 amide bonds. The summed E-state index contributed by atoms with van der Waals surface area (Å²) in [6, 6.07) is 6.75. The van der Waals surface area contributed by atoms with Crippen molar-refractivity contribution in [2.75, 3.05) is 5.32 Å². The van der Waals surface area contributed by atoms with Gasteiger partial charge in [-0.1, -0.05) is 23.3 Å². The summed E-state index contributed by atoms with van der Waals surface area (Å²) in [6.07, 6.45) is 1.70. The highest BCUT2D eigenvalue weighted by atomic mass is 16.4. The highest BCUT2D eigenvalue weighted by Crippen LogP contribution is 2.57. The van der Waals surface area contributed by atoms with Gasteiger partial charge in [0.15, 0.2) is 5.78 Å². The van der Waals surface area contributed by atoms with Crippen molar-refractivity contribution in [2.24, 2.45) is 23.7 Å². The molecule has 1 aromatic rings. The van der Waals surface area contributed by atoms with E-state index < -0.39 is 17.8 Å². The van der Waals surface area contributed by atoms with Gasteiger partial charge >= 0.3 is 5.97 Å². The quantitative estimate of drug-likeness (QED) is 0.648. The summed E-state index contributed by atoms with van der Waals surface area (Å²) in [5.74, 6) is -2.49. The summed E-state index contributed by atoms with van der Waals surface area (Å²) >= 11 is 0. The van der Waals surface area contributed by atoms with Crippen LogP contribution in [0.2, 0.25) is 0 Å². The number of rotatable bonds is 4. The number of ketones is 1. The molecule has 2 aliphatic carbocycles. The Morgan fingerprint density at radius 2 is 1.68 bits per heavy atom. The summed E-state index contributed by atoms with van der Waals surface area (Å²) < 4.78 is 0. The standard InChI is InChI=1S/C20H23NO4/c1-10(2)16-14-7-8-15(16)18(20(24)25)17(14)19(23)21-13-6-4-5-12(9-13)11(3)22/h4-6,9,14-15,17-18H,7-8H2,1-3H3,(H,21,23)(H,24,25)/t14-,15+,17+,18-/m0/s1. The van der Waals surface area contributed by atoms with Gasteiger partial charge in [0.1, 0.15) is 0 Å². The first-order chi connectivity index (χ1) is 11.8. The lowest BCUT2D eigenvalue weighted by molar-refractivity contribution is -0.148. The summed E-state index contributed by atoms with van der Waals surface area (Å²) in [4.78, 5) is 36.2. The molecule has 0 radical (unpaired) electrons. The van der Waals surface area contributed by atoms with E-state index in [2.05, 4.69) is 5.32 Å². The van der Waals surface area contributed by atoms with Crippen LogP contribution >= 0.6 is 0 Å². The van der Waals surface area contributed by atoms with Crippen molar-refractivity contribution in [3.8, 4) is 0 Å². The smallest absolute Gasteiger partial charge is 0.307 e. The molecular weight excluding hydrogens is 318 g/mol. The Bertz CT molecular complexity index is 776. The number of carbonyl (C=O) groups is 3. The van der Waals surface area contributed by atoms with Gasteiger partial charge in [-0.05, 0) is 57.6 Å². The summed E-state index contributed by atoms with van der Waals surface area (Å²) in [7, 11) is 0. The molecule has 2 N–H and O–H groups in total. The van der Waals surface area contributed by atoms with Crippen LogP contribution in [-0.2, 0) is 9.59 Å². The topological polar surface area (TPSA) is 83.5 Å². The molecule has 1 aromatic carbocycles. The van der Waals surface area contributed by atoms with Crippen LogP contribution in [-0.4, -0.2) is 22.8 Å². The zero-order valence-electron chi connectivity index (χ0n) is 14.7. The maximum atomic E-state index is 12.9. The van der Waals surface area contributed by atoms with Crippen LogP contribution in [0, 0.1) is 23.7 Å². The van der Waals surface area contributed by atoms with E-state index in [-0.39, 0.29) is 23.5 Å². The number of carboxylic acids is 1. The molecule has 2 bridgehead atoms. The molecule has 2 fully saturated rings. The molecule has 4 atom stereocenters. The second-order valence-corrected chi connectivity index (χ2v) is 7.26. The van der Waals surface area contributed by atoms with Crippen LogP contribution in [0.15, 0.2) is 35.4 Å². The van der Waals surface area contributed by atoms with Gasteiger partial charge in [0, 0.05) is 11.3 Å². The SMILES string of the molecule is CC(=O)c1cccc(NC(=O)[C@H]2[C@@H](C(=O)O)[C@@H]3CC[C@H]2C3=C(C)C)c1.